The molecule has 1 aliphatic rings. The highest BCUT2D eigenvalue weighted by Gasteiger charge is 2.43. The molecule has 19 heavy (non-hydrogen) atoms. The summed E-state index contributed by atoms with van der Waals surface area (Å²) >= 11 is 0. The van der Waals surface area contributed by atoms with Crippen molar-refractivity contribution in [3.63, 3.8) is 0 Å². The van der Waals surface area contributed by atoms with Crippen LogP contribution in [-0.4, -0.2) is 30.3 Å². The first-order valence-electron chi connectivity index (χ1n) is 6.61. The van der Waals surface area contributed by atoms with E-state index in [1.54, 1.807) is 0 Å². The van der Waals surface area contributed by atoms with Crippen LogP contribution in [0.2, 0.25) is 0 Å². The summed E-state index contributed by atoms with van der Waals surface area (Å²) in [4.78, 5) is 12.3. The van der Waals surface area contributed by atoms with Crippen LogP contribution >= 0.6 is 0 Å². The zero-order valence-corrected chi connectivity index (χ0v) is 11.4. The molecule has 0 heterocycles. The monoisotopic (exact) mass is 263 g/mol. The summed E-state index contributed by atoms with van der Waals surface area (Å²) in [7, 11) is 1.52. The van der Waals surface area contributed by atoms with Crippen LogP contribution in [0.15, 0.2) is 30.3 Å². The lowest BCUT2D eigenvalue weighted by Gasteiger charge is -2.30. The number of aliphatic hydroxyl groups is 1. The molecule has 0 aromatic heterocycles. The highest BCUT2D eigenvalue weighted by Crippen LogP contribution is 2.39. The molecule has 0 saturated heterocycles. The number of carbonyl (C=O) groups excluding carboxylic acids is 1. The van der Waals surface area contributed by atoms with E-state index in [0.717, 1.165) is 18.4 Å². The molecule has 4 nitrogen and oxygen atoms in total. The first-order valence-corrected chi connectivity index (χ1v) is 6.61. The Morgan fingerprint density at radius 3 is 2.58 bits per heavy atom. The van der Waals surface area contributed by atoms with Crippen molar-refractivity contribution in [1.82, 2.24) is 5.32 Å². The van der Waals surface area contributed by atoms with Crippen LogP contribution in [0.3, 0.4) is 0 Å². The topological polar surface area (TPSA) is 58.6 Å². The molecular formula is C15H21NO3. The number of nitrogens with one attached hydrogen (secondary N) is 1. The van der Waals surface area contributed by atoms with E-state index in [9.17, 15) is 9.90 Å². The number of hydrogen-bond donors (Lipinski definition) is 2. The van der Waals surface area contributed by atoms with Gasteiger partial charge in [-0.1, -0.05) is 30.3 Å². The number of hydrogen-bond acceptors (Lipinski definition) is 3. The minimum atomic E-state index is -0.633. The zero-order chi connectivity index (χ0) is 13.9. The normalized spacial score (nSPS) is 19.5. The molecule has 1 aliphatic carbocycles. The summed E-state index contributed by atoms with van der Waals surface area (Å²) in [5, 5.41) is 12.5. The Balaban J connectivity index is 2.09. The van der Waals surface area contributed by atoms with Gasteiger partial charge in [-0.05, 0) is 31.2 Å². The fourth-order valence-electron chi connectivity index (χ4n) is 2.36. The van der Waals surface area contributed by atoms with Gasteiger partial charge in [0.1, 0.15) is 0 Å². The second kappa shape index (κ2) is 5.72. The lowest BCUT2D eigenvalue weighted by Crippen LogP contribution is -2.52. The average Bonchev–Trinajstić information content (AvgIpc) is 3.25. The van der Waals surface area contributed by atoms with E-state index in [0.29, 0.717) is 5.92 Å². The predicted molar refractivity (Wildman–Crippen MR) is 72.5 cm³/mol. The fourth-order valence-corrected chi connectivity index (χ4v) is 2.36. The number of methoxy groups -OCH3 is 1. The van der Waals surface area contributed by atoms with Gasteiger partial charge >= 0.3 is 0 Å². The SMILES string of the molecule is COC(C(=O)NC(C)(CO)C1CC1)c1ccccc1. The predicted octanol–water partition coefficient (Wildman–Crippen LogP) is 1.65. The van der Waals surface area contributed by atoms with Crippen molar-refractivity contribution < 1.29 is 14.6 Å². The van der Waals surface area contributed by atoms with Crippen molar-refractivity contribution in [2.45, 2.75) is 31.4 Å². The number of carbonyl (C=O) groups is 1. The van der Waals surface area contributed by atoms with E-state index in [2.05, 4.69) is 5.32 Å². The molecule has 104 valence electrons. The van der Waals surface area contributed by atoms with Gasteiger partial charge in [0.15, 0.2) is 6.10 Å². The van der Waals surface area contributed by atoms with Crippen molar-refractivity contribution >= 4 is 5.91 Å². The Morgan fingerprint density at radius 1 is 1.47 bits per heavy atom. The van der Waals surface area contributed by atoms with E-state index in [1.165, 1.54) is 7.11 Å². The smallest absolute Gasteiger partial charge is 0.254 e. The van der Waals surface area contributed by atoms with Crippen molar-refractivity contribution in [3.05, 3.63) is 35.9 Å². The largest absolute Gasteiger partial charge is 0.394 e. The molecule has 2 N–H and O–H groups in total. The van der Waals surface area contributed by atoms with Crippen LogP contribution < -0.4 is 5.32 Å². The molecule has 1 saturated carbocycles. The number of ether oxygens (including phenoxy) is 1. The highest BCUT2D eigenvalue weighted by atomic mass is 16.5. The van der Waals surface area contributed by atoms with Gasteiger partial charge in [0, 0.05) is 7.11 Å². The Bertz CT molecular complexity index is 430. The standard InChI is InChI=1S/C15H21NO3/c1-15(10-17,12-8-9-12)16-14(18)13(19-2)11-6-4-3-5-7-11/h3-7,12-13,17H,8-10H2,1-2H3,(H,16,18). The van der Waals surface area contributed by atoms with Gasteiger partial charge in [-0.25, -0.2) is 0 Å². The maximum absolute atomic E-state index is 12.3. The number of aliphatic hydroxyl groups excluding tert-OH is 1. The van der Waals surface area contributed by atoms with Crippen molar-refractivity contribution in [1.29, 1.82) is 0 Å². The molecule has 2 rings (SSSR count). The molecule has 2 atom stereocenters. The molecule has 1 aromatic carbocycles. The first-order chi connectivity index (χ1) is 9.10. The third kappa shape index (κ3) is 3.14. The summed E-state index contributed by atoms with van der Waals surface area (Å²) in [6.45, 7) is 1.84. The zero-order valence-electron chi connectivity index (χ0n) is 11.4. The third-order valence-electron chi connectivity index (χ3n) is 3.79. The Hall–Kier alpha value is -1.39. The number of amides is 1. The summed E-state index contributed by atoms with van der Waals surface area (Å²) in [5.41, 5.74) is 0.279. The van der Waals surface area contributed by atoms with Gasteiger partial charge in [0.2, 0.25) is 0 Å². The van der Waals surface area contributed by atoms with Crippen LogP contribution in [0.5, 0.6) is 0 Å². The van der Waals surface area contributed by atoms with Crippen LogP contribution in [0.25, 0.3) is 0 Å². The summed E-state index contributed by atoms with van der Waals surface area (Å²) in [6, 6.07) is 9.38. The van der Waals surface area contributed by atoms with Gasteiger partial charge in [0.05, 0.1) is 12.1 Å². The average molecular weight is 263 g/mol. The van der Waals surface area contributed by atoms with Gasteiger partial charge in [-0.15, -0.1) is 0 Å². The molecule has 0 radical (unpaired) electrons. The Kier molecular flexibility index (Phi) is 4.22. The van der Waals surface area contributed by atoms with Crippen molar-refractivity contribution in [2.75, 3.05) is 13.7 Å². The first kappa shape index (κ1) is 14.0. The maximum atomic E-state index is 12.3. The van der Waals surface area contributed by atoms with E-state index in [1.807, 2.05) is 37.3 Å². The Labute approximate surface area is 113 Å². The molecule has 1 fully saturated rings. The third-order valence-corrected chi connectivity index (χ3v) is 3.79. The maximum Gasteiger partial charge on any atom is 0.254 e. The van der Waals surface area contributed by atoms with E-state index in [-0.39, 0.29) is 12.5 Å². The van der Waals surface area contributed by atoms with Gasteiger partial charge in [-0.2, -0.15) is 0 Å². The quantitative estimate of drug-likeness (QED) is 0.820. The van der Waals surface area contributed by atoms with Crippen LogP contribution in [-0.2, 0) is 9.53 Å². The van der Waals surface area contributed by atoms with Gasteiger partial charge in [-0.3, -0.25) is 4.79 Å². The van der Waals surface area contributed by atoms with Crippen LogP contribution in [0.4, 0.5) is 0 Å². The number of rotatable bonds is 6. The molecule has 0 spiro atoms. The molecule has 4 heteroatoms. The molecule has 2 unspecified atom stereocenters. The molecule has 0 aliphatic heterocycles. The minimum Gasteiger partial charge on any atom is -0.394 e. The highest BCUT2D eigenvalue weighted by molar-refractivity contribution is 5.83. The summed E-state index contributed by atoms with van der Waals surface area (Å²) in [6.07, 6.45) is 1.48. The van der Waals surface area contributed by atoms with E-state index < -0.39 is 11.6 Å². The lowest BCUT2D eigenvalue weighted by atomic mass is 9.96. The van der Waals surface area contributed by atoms with Gasteiger partial charge < -0.3 is 15.2 Å². The van der Waals surface area contributed by atoms with Crippen molar-refractivity contribution in [3.8, 4) is 0 Å². The summed E-state index contributed by atoms with van der Waals surface area (Å²) < 4.78 is 5.30. The molecule has 1 amide bonds. The van der Waals surface area contributed by atoms with Crippen molar-refractivity contribution in [2.24, 2.45) is 5.92 Å². The van der Waals surface area contributed by atoms with Gasteiger partial charge in [0.25, 0.3) is 5.91 Å². The second-order valence-electron chi connectivity index (χ2n) is 5.37. The van der Waals surface area contributed by atoms with E-state index in [4.69, 9.17) is 4.74 Å². The van der Waals surface area contributed by atoms with Crippen LogP contribution in [0, 0.1) is 5.92 Å². The molecule has 0 bridgehead atoms. The Morgan fingerprint density at radius 2 is 2.11 bits per heavy atom. The van der Waals surface area contributed by atoms with E-state index >= 15 is 0 Å². The minimum absolute atomic E-state index is 0.0470. The summed E-state index contributed by atoms with van der Waals surface area (Å²) in [5.74, 6) is 0.173. The number of benzene rings is 1. The second-order valence-corrected chi connectivity index (χ2v) is 5.37. The molecule has 1 aromatic rings. The lowest BCUT2D eigenvalue weighted by molar-refractivity contribution is -0.134. The fraction of sp³-hybridized carbons (Fsp3) is 0.533. The molecular weight excluding hydrogens is 242 g/mol. The van der Waals surface area contributed by atoms with Crippen LogP contribution in [0.1, 0.15) is 31.4 Å².